The van der Waals surface area contributed by atoms with Crippen LogP contribution in [0, 0.1) is 11.2 Å². The number of nitrogens with one attached hydrogen (secondary N) is 1. The SMILES string of the molecule is CCOC(=O)C1(COc2cc3c(nc2SC)N(c2cccc(F)c2)CCNS3)CC1. The summed E-state index contributed by atoms with van der Waals surface area (Å²) in [5.41, 5.74) is 0.227. The molecule has 0 unspecified atom stereocenters. The first-order valence-corrected chi connectivity index (χ1v) is 11.9. The Morgan fingerprint density at radius 1 is 1.40 bits per heavy atom. The van der Waals surface area contributed by atoms with Gasteiger partial charge in [-0.3, -0.25) is 9.52 Å². The van der Waals surface area contributed by atoms with Crippen LogP contribution in [0.15, 0.2) is 40.3 Å². The molecule has 0 saturated heterocycles. The highest BCUT2D eigenvalue weighted by atomic mass is 32.2. The van der Waals surface area contributed by atoms with Gasteiger partial charge in [0.15, 0.2) is 5.75 Å². The van der Waals surface area contributed by atoms with E-state index in [2.05, 4.69) is 4.72 Å². The Hall–Kier alpha value is -1.97. The van der Waals surface area contributed by atoms with E-state index in [1.54, 1.807) is 6.07 Å². The molecule has 1 aromatic heterocycles. The van der Waals surface area contributed by atoms with Gasteiger partial charge in [-0.1, -0.05) is 6.07 Å². The van der Waals surface area contributed by atoms with Gasteiger partial charge in [-0.05, 0) is 56.2 Å². The van der Waals surface area contributed by atoms with Crippen molar-refractivity contribution in [3.63, 3.8) is 0 Å². The molecule has 1 aliphatic carbocycles. The highest BCUT2D eigenvalue weighted by molar-refractivity contribution is 7.98. The van der Waals surface area contributed by atoms with Gasteiger partial charge < -0.3 is 14.4 Å². The second-order valence-corrected chi connectivity index (χ2v) is 8.96. The predicted molar refractivity (Wildman–Crippen MR) is 117 cm³/mol. The van der Waals surface area contributed by atoms with E-state index < -0.39 is 5.41 Å². The lowest BCUT2D eigenvalue weighted by atomic mass is 10.1. The van der Waals surface area contributed by atoms with E-state index in [4.69, 9.17) is 14.5 Å². The summed E-state index contributed by atoms with van der Waals surface area (Å²) in [6.07, 6.45) is 3.50. The average molecular weight is 450 g/mol. The summed E-state index contributed by atoms with van der Waals surface area (Å²) in [6, 6.07) is 8.48. The molecule has 2 heterocycles. The van der Waals surface area contributed by atoms with Gasteiger partial charge in [0.2, 0.25) is 0 Å². The minimum atomic E-state index is -0.530. The highest BCUT2D eigenvalue weighted by Gasteiger charge is 2.52. The molecule has 1 saturated carbocycles. The maximum Gasteiger partial charge on any atom is 0.315 e. The van der Waals surface area contributed by atoms with Crippen LogP contribution >= 0.6 is 23.7 Å². The molecule has 4 rings (SSSR count). The van der Waals surface area contributed by atoms with Crippen molar-refractivity contribution in [2.45, 2.75) is 29.7 Å². The molecular formula is C21H24FN3O3S2. The maximum atomic E-state index is 13.8. The number of fused-ring (bicyclic) bond motifs is 1. The van der Waals surface area contributed by atoms with Crippen LogP contribution in [0.3, 0.4) is 0 Å². The number of thioether (sulfide) groups is 1. The number of benzene rings is 1. The van der Waals surface area contributed by atoms with E-state index >= 15 is 0 Å². The number of anilines is 2. The summed E-state index contributed by atoms with van der Waals surface area (Å²) >= 11 is 2.96. The fourth-order valence-electron chi connectivity index (χ4n) is 3.32. The zero-order valence-corrected chi connectivity index (χ0v) is 18.6. The summed E-state index contributed by atoms with van der Waals surface area (Å²) in [4.78, 5) is 20.0. The van der Waals surface area contributed by atoms with E-state index in [1.807, 2.05) is 30.2 Å². The summed E-state index contributed by atoms with van der Waals surface area (Å²) < 4.78 is 28.4. The number of carbonyl (C=O) groups excluding carboxylic acids is 1. The van der Waals surface area contributed by atoms with Crippen LogP contribution in [0.4, 0.5) is 15.9 Å². The zero-order chi connectivity index (χ0) is 21.1. The van der Waals surface area contributed by atoms with E-state index in [0.29, 0.717) is 25.4 Å². The van der Waals surface area contributed by atoms with Gasteiger partial charge in [-0.2, -0.15) is 0 Å². The van der Waals surface area contributed by atoms with Crippen LogP contribution in [0.25, 0.3) is 0 Å². The van der Waals surface area contributed by atoms with E-state index in [1.165, 1.54) is 35.8 Å². The molecule has 9 heteroatoms. The third-order valence-electron chi connectivity index (χ3n) is 5.16. The monoisotopic (exact) mass is 449 g/mol. The summed E-state index contributed by atoms with van der Waals surface area (Å²) in [5, 5.41) is 0.734. The number of esters is 1. The van der Waals surface area contributed by atoms with Crippen LogP contribution in [0.5, 0.6) is 5.75 Å². The molecular weight excluding hydrogens is 425 g/mol. The molecule has 2 aliphatic rings. The van der Waals surface area contributed by atoms with Crippen molar-refractivity contribution in [1.29, 1.82) is 0 Å². The van der Waals surface area contributed by atoms with Gasteiger partial charge in [0, 0.05) is 24.8 Å². The van der Waals surface area contributed by atoms with Crippen molar-refractivity contribution in [3.05, 3.63) is 36.1 Å². The molecule has 1 aromatic carbocycles. The van der Waals surface area contributed by atoms with Gasteiger partial charge >= 0.3 is 5.97 Å². The van der Waals surface area contributed by atoms with Crippen LogP contribution in [-0.2, 0) is 9.53 Å². The third kappa shape index (κ3) is 4.38. The number of nitrogens with zero attached hydrogens (tertiary/aromatic N) is 2. The van der Waals surface area contributed by atoms with Crippen LogP contribution in [-0.4, -0.2) is 43.5 Å². The molecule has 0 radical (unpaired) electrons. The zero-order valence-electron chi connectivity index (χ0n) is 16.9. The number of hydrogen-bond donors (Lipinski definition) is 1. The Balaban J connectivity index is 1.62. The molecule has 1 aliphatic heterocycles. The van der Waals surface area contributed by atoms with Crippen LogP contribution < -0.4 is 14.4 Å². The van der Waals surface area contributed by atoms with E-state index in [0.717, 1.165) is 34.3 Å². The molecule has 2 aromatic rings. The maximum absolute atomic E-state index is 13.8. The van der Waals surface area contributed by atoms with Crippen molar-refractivity contribution >= 4 is 41.2 Å². The fraction of sp³-hybridized carbons (Fsp3) is 0.429. The van der Waals surface area contributed by atoms with Gasteiger partial charge in [0.25, 0.3) is 0 Å². The first-order valence-electron chi connectivity index (χ1n) is 9.88. The van der Waals surface area contributed by atoms with Gasteiger partial charge in [0.05, 0.1) is 11.5 Å². The molecule has 30 heavy (non-hydrogen) atoms. The van der Waals surface area contributed by atoms with E-state index in [-0.39, 0.29) is 18.4 Å². The largest absolute Gasteiger partial charge is 0.490 e. The van der Waals surface area contributed by atoms with Crippen LogP contribution in [0.1, 0.15) is 19.8 Å². The second kappa shape index (κ2) is 9.03. The second-order valence-electron chi connectivity index (χ2n) is 7.23. The molecule has 6 nitrogen and oxygen atoms in total. The predicted octanol–water partition coefficient (Wildman–Crippen LogP) is 4.41. The number of carbonyl (C=O) groups is 1. The summed E-state index contributed by atoms with van der Waals surface area (Å²) in [7, 11) is 0. The highest BCUT2D eigenvalue weighted by Crippen LogP contribution is 2.48. The molecule has 0 atom stereocenters. The summed E-state index contributed by atoms with van der Waals surface area (Å²) in [5.74, 6) is 0.940. The standard InChI is InChI=1S/C21H24FN3O3S2/c1-3-27-20(26)21(7-8-21)13-28-16-12-17-18(24-19(16)29-2)25(10-9-23-30-17)15-6-4-5-14(22)11-15/h4-6,11-12,23H,3,7-10,13H2,1-2H3. The Kier molecular flexibility index (Phi) is 6.40. The number of pyridine rings is 1. The molecule has 0 amide bonds. The lowest BCUT2D eigenvalue weighted by Crippen LogP contribution is -2.26. The van der Waals surface area contributed by atoms with Gasteiger partial charge in [-0.15, -0.1) is 11.8 Å². The van der Waals surface area contributed by atoms with Crippen molar-refractivity contribution in [2.24, 2.45) is 5.41 Å². The third-order valence-corrected chi connectivity index (χ3v) is 6.70. The normalized spacial score (nSPS) is 17.1. The Morgan fingerprint density at radius 3 is 2.93 bits per heavy atom. The number of hydrogen-bond acceptors (Lipinski definition) is 8. The lowest BCUT2D eigenvalue weighted by molar-refractivity contribution is -0.150. The number of ether oxygens (including phenoxy) is 2. The topological polar surface area (TPSA) is 63.7 Å². The molecule has 1 N–H and O–H groups in total. The smallest absolute Gasteiger partial charge is 0.315 e. The van der Waals surface area contributed by atoms with Crippen molar-refractivity contribution in [2.75, 3.05) is 37.5 Å². The average Bonchev–Trinajstić information content (AvgIpc) is 3.56. The lowest BCUT2D eigenvalue weighted by Gasteiger charge is -2.24. The van der Waals surface area contributed by atoms with Crippen molar-refractivity contribution < 1.29 is 18.7 Å². The van der Waals surface area contributed by atoms with E-state index in [9.17, 15) is 9.18 Å². The van der Waals surface area contributed by atoms with Crippen molar-refractivity contribution in [3.8, 4) is 5.75 Å². The Bertz CT molecular complexity index is 940. The summed E-state index contributed by atoms with van der Waals surface area (Å²) in [6.45, 7) is 3.84. The number of rotatable bonds is 7. The minimum Gasteiger partial charge on any atom is -0.490 e. The minimum absolute atomic E-state index is 0.188. The quantitative estimate of drug-likeness (QED) is 0.379. The Morgan fingerprint density at radius 2 is 2.23 bits per heavy atom. The molecule has 0 spiro atoms. The first-order chi connectivity index (χ1) is 14.6. The fourth-order valence-corrected chi connectivity index (χ4v) is 4.57. The molecule has 160 valence electrons. The molecule has 1 fully saturated rings. The first kappa shape index (κ1) is 21.3. The van der Waals surface area contributed by atoms with Gasteiger partial charge in [-0.25, -0.2) is 9.37 Å². The van der Waals surface area contributed by atoms with Crippen molar-refractivity contribution in [1.82, 2.24) is 9.71 Å². The molecule has 0 bridgehead atoms. The number of halogens is 1. The Labute approximate surface area is 184 Å². The number of aromatic nitrogens is 1. The van der Waals surface area contributed by atoms with Crippen LogP contribution in [0.2, 0.25) is 0 Å². The van der Waals surface area contributed by atoms with Gasteiger partial charge in [0.1, 0.15) is 28.7 Å².